The van der Waals surface area contributed by atoms with Crippen LogP contribution in [0.5, 0.6) is 0 Å². The molecular weight excluding hydrogens is 224 g/mol. The van der Waals surface area contributed by atoms with Crippen molar-refractivity contribution in [2.45, 2.75) is 57.0 Å². The van der Waals surface area contributed by atoms with E-state index in [1.165, 1.54) is 38.5 Å². The van der Waals surface area contributed by atoms with E-state index in [1.807, 2.05) is 11.9 Å². The van der Waals surface area contributed by atoms with Gasteiger partial charge in [-0.05, 0) is 32.2 Å². The van der Waals surface area contributed by atoms with Crippen LogP contribution < -0.4 is 5.32 Å². The molecule has 3 nitrogen and oxygen atoms in total. The van der Waals surface area contributed by atoms with Crippen molar-refractivity contribution in [2.75, 3.05) is 13.6 Å². The number of hydrogen-bond acceptors (Lipinski definition) is 2. The summed E-state index contributed by atoms with van der Waals surface area (Å²) in [5.74, 6) is 0.335. The second kappa shape index (κ2) is 6.45. The molecule has 0 bridgehead atoms. The first-order chi connectivity index (χ1) is 7.27. The molecular formula is C12H23ClN2O. The highest BCUT2D eigenvalue weighted by Gasteiger charge is 2.25. The molecule has 1 aliphatic carbocycles. The average Bonchev–Trinajstić information content (AvgIpc) is 2.88. The quantitative estimate of drug-likeness (QED) is 0.826. The Labute approximate surface area is 104 Å². The lowest BCUT2D eigenvalue weighted by atomic mass is 10.1. The zero-order valence-corrected chi connectivity index (χ0v) is 10.9. The summed E-state index contributed by atoms with van der Waals surface area (Å²) in [6.07, 6.45) is 8.11. The monoisotopic (exact) mass is 246 g/mol. The van der Waals surface area contributed by atoms with Crippen LogP contribution in [-0.2, 0) is 4.79 Å². The Bertz CT molecular complexity index is 223. The minimum atomic E-state index is 0. The highest BCUT2D eigenvalue weighted by Crippen LogP contribution is 2.23. The van der Waals surface area contributed by atoms with Gasteiger partial charge in [-0.1, -0.05) is 12.8 Å². The van der Waals surface area contributed by atoms with Crippen molar-refractivity contribution in [1.82, 2.24) is 10.2 Å². The summed E-state index contributed by atoms with van der Waals surface area (Å²) >= 11 is 0. The Morgan fingerprint density at radius 2 is 1.94 bits per heavy atom. The maximum atomic E-state index is 12.0. The number of carbonyl (C=O) groups is 1. The van der Waals surface area contributed by atoms with Crippen LogP contribution in [0.3, 0.4) is 0 Å². The molecule has 1 unspecified atom stereocenters. The summed E-state index contributed by atoms with van der Waals surface area (Å²) in [6.45, 7) is 1.09. The molecule has 2 fully saturated rings. The Balaban J connectivity index is 0.00000128. The molecule has 0 aromatic heterocycles. The van der Waals surface area contributed by atoms with Gasteiger partial charge in [-0.25, -0.2) is 0 Å². The minimum Gasteiger partial charge on any atom is -0.343 e. The van der Waals surface area contributed by atoms with E-state index in [4.69, 9.17) is 0 Å². The van der Waals surface area contributed by atoms with Crippen molar-refractivity contribution in [1.29, 1.82) is 0 Å². The third-order valence-electron chi connectivity index (χ3n) is 3.85. The SMILES string of the molecule is CN(C(=O)CC1CCCN1)C1CCCC1.Cl. The molecule has 0 radical (unpaired) electrons. The summed E-state index contributed by atoms with van der Waals surface area (Å²) in [7, 11) is 1.98. The van der Waals surface area contributed by atoms with E-state index in [0.717, 1.165) is 6.54 Å². The van der Waals surface area contributed by atoms with Crippen molar-refractivity contribution in [3.63, 3.8) is 0 Å². The van der Waals surface area contributed by atoms with Crippen LogP contribution in [0.25, 0.3) is 0 Å². The lowest BCUT2D eigenvalue weighted by Crippen LogP contribution is -2.38. The third-order valence-corrected chi connectivity index (χ3v) is 3.85. The molecule has 1 saturated carbocycles. The number of hydrogen-bond donors (Lipinski definition) is 1. The Kier molecular flexibility index (Phi) is 5.56. The second-order valence-corrected chi connectivity index (χ2v) is 4.94. The maximum Gasteiger partial charge on any atom is 0.224 e. The number of amides is 1. The Morgan fingerprint density at radius 1 is 1.25 bits per heavy atom. The van der Waals surface area contributed by atoms with E-state index in [1.54, 1.807) is 0 Å². The fraction of sp³-hybridized carbons (Fsp3) is 0.917. The van der Waals surface area contributed by atoms with Crippen molar-refractivity contribution in [3.05, 3.63) is 0 Å². The summed E-state index contributed by atoms with van der Waals surface area (Å²) in [5, 5.41) is 3.39. The Hall–Kier alpha value is -0.280. The van der Waals surface area contributed by atoms with Crippen LogP contribution >= 0.6 is 12.4 Å². The molecule has 4 heteroatoms. The molecule has 1 saturated heterocycles. The van der Waals surface area contributed by atoms with Gasteiger partial charge in [0.25, 0.3) is 0 Å². The van der Waals surface area contributed by atoms with Gasteiger partial charge in [0.1, 0.15) is 0 Å². The fourth-order valence-corrected chi connectivity index (χ4v) is 2.78. The van der Waals surface area contributed by atoms with Crippen molar-refractivity contribution in [2.24, 2.45) is 0 Å². The van der Waals surface area contributed by atoms with E-state index < -0.39 is 0 Å². The number of carbonyl (C=O) groups excluding carboxylic acids is 1. The van der Waals surface area contributed by atoms with Crippen LogP contribution in [0.15, 0.2) is 0 Å². The minimum absolute atomic E-state index is 0. The molecule has 1 N–H and O–H groups in total. The standard InChI is InChI=1S/C12H22N2O.ClH/c1-14(11-6-2-3-7-11)12(15)9-10-5-4-8-13-10;/h10-11,13H,2-9H2,1H3;1H. The molecule has 0 aromatic carbocycles. The van der Waals surface area contributed by atoms with Crippen LogP contribution in [0.4, 0.5) is 0 Å². The van der Waals surface area contributed by atoms with Gasteiger partial charge in [-0.2, -0.15) is 0 Å². The molecule has 0 spiro atoms. The molecule has 2 aliphatic rings. The van der Waals surface area contributed by atoms with Gasteiger partial charge in [0.2, 0.25) is 5.91 Å². The molecule has 1 atom stereocenters. The predicted molar refractivity (Wildman–Crippen MR) is 67.9 cm³/mol. The van der Waals surface area contributed by atoms with Gasteiger partial charge in [-0.3, -0.25) is 4.79 Å². The summed E-state index contributed by atoms with van der Waals surface area (Å²) < 4.78 is 0. The van der Waals surface area contributed by atoms with Gasteiger partial charge >= 0.3 is 0 Å². The molecule has 16 heavy (non-hydrogen) atoms. The second-order valence-electron chi connectivity index (χ2n) is 4.94. The van der Waals surface area contributed by atoms with Gasteiger partial charge < -0.3 is 10.2 Å². The van der Waals surface area contributed by atoms with E-state index in [-0.39, 0.29) is 12.4 Å². The van der Waals surface area contributed by atoms with Crippen LogP contribution in [0, 0.1) is 0 Å². The predicted octanol–water partition coefficient (Wildman–Crippen LogP) is 1.95. The zero-order valence-electron chi connectivity index (χ0n) is 10.1. The normalized spacial score (nSPS) is 25.4. The highest BCUT2D eigenvalue weighted by molar-refractivity contribution is 5.85. The van der Waals surface area contributed by atoms with Crippen molar-refractivity contribution >= 4 is 18.3 Å². The lowest BCUT2D eigenvalue weighted by molar-refractivity contribution is -0.132. The van der Waals surface area contributed by atoms with Crippen LogP contribution in [-0.4, -0.2) is 36.5 Å². The lowest BCUT2D eigenvalue weighted by Gasteiger charge is -2.25. The first-order valence-corrected chi connectivity index (χ1v) is 6.26. The zero-order chi connectivity index (χ0) is 10.7. The number of rotatable bonds is 3. The first-order valence-electron chi connectivity index (χ1n) is 6.26. The maximum absolute atomic E-state index is 12.0. The van der Waals surface area contributed by atoms with Crippen LogP contribution in [0.2, 0.25) is 0 Å². The number of nitrogens with zero attached hydrogens (tertiary/aromatic N) is 1. The summed E-state index contributed by atoms with van der Waals surface area (Å²) in [5.41, 5.74) is 0. The van der Waals surface area contributed by atoms with E-state index in [0.29, 0.717) is 24.4 Å². The molecule has 94 valence electrons. The van der Waals surface area contributed by atoms with E-state index in [9.17, 15) is 4.79 Å². The summed E-state index contributed by atoms with van der Waals surface area (Å²) in [4.78, 5) is 14.0. The third kappa shape index (κ3) is 3.36. The molecule has 2 rings (SSSR count). The van der Waals surface area contributed by atoms with Crippen molar-refractivity contribution < 1.29 is 4.79 Å². The number of nitrogens with one attached hydrogen (secondary N) is 1. The van der Waals surface area contributed by atoms with E-state index >= 15 is 0 Å². The summed E-state index contributed by atoms with van der Waals surface area (Å²) in [6, 6.07) is 0.972. The average molecular weight is 247 g/mol. The topological polar surface area (TPSA) is 32.3 Å². The first kappa shape index (κ1) is 13.8. The smallest absolute Gasteiger partial charge is 0.224 e. The van der Waals surface area contributed by atoms with Crippen molar-refractivity contribution in [3.8, 4) is 0 Å². The molecule has 0 aromatic rings. The van der Waals surface area contributed by atoms with Gasteiger partial charge in [-0.15, -0.1) is 12.4 Å². The van der Waals surface area contributed by atoms with Gasteiger partial charge in [0.05, 0.1) is 0 Å². The van der Waals surface area contributed by atoms with Gasteiger partial charge in [0, 0.05) is 25.6 Å². The molecule has 1 amide bonds. The number of halogens is 1. The molecule has 1 aliphatic heterocycles. The Morgan fingerprint density at radius 3 is 2.50 bits per heavy atom. The highest BCUT2D eigenvalue weighted by atomic mass is 35.5. The van der Waals surface area contributed by atoms with E-state index in [2.05, 4.69) is 5.32 Å². The fourth-order valence-electron chi connectivity index (χ4n) is 2.78. The van der Waals surface area contributed by atoms with Crippen LogP contribution in [0.1, 0.15) is 44.9 Å². The van der Waals surface area contributed by atoms with Gasteiger partial charge in [0.15, 0.2) is 0 Å². The largest absolute Gasteiger partial charge is 0.343 e. The molecule has 1 heterocycles.